The maximum atomic E-state index is 12.4. The van der Waals surface area contributed by atoms with Crippen LogP contribution in [0.25, 0.3) is 0 Å². The van der Waals surface area contributed by atoms with E-state index in [0.29, 0.717) is 6.54 Å². The molecule has 0 saturated carbocycles. The van der Waals surface area contributed by atoms with Crippen molar-refractivity contribution in [2.45, 2.75) is 4.90 Å². The fourth-order valence-electron chi connectivity index (χ4n) is 3.18. The van der Waals surface area contributed by atoms with Crippen molar-refractivity contribution in [3.8, 4) is 5.75 Å². The summed E-state index contributed by atoms with van der Waals surface area (Å²) in [6.07, 6.45) is 2.02. The van der Waals surface area contributed by atoms with Crippen molar-refractivity contribution < 1.29 is 9.53 Å². The lowest BCUT2D eigenvalue weighted by Gasteiger charge is -2.36. The number of nitrogens with zero attached hydrogens (tertiary/aromatic N) is 2. The molecule has 5 nitrogen and oxygen atoms in total. The number of methoxy groups -OCH3 is 1. The molecule has 2 aromatic carbocycles. The van der Waals surface area contributed by atoms with Gasteiger partial charge in [-0.3, -0.25) is 9.69 Å². The van der Waals surface area contributed by atoms with Crippen LogP contribution >= 0.6 is 11.8 Å². The van der Waals surface area contributed by atoms with Gasteiger partial charge in [0.15, 0.2) is 0 Å². The zero-order chi connectivity index (χ0) is 18.4. The molecule has 1 fully saturated rings. The molecule has 0 atom stereocenters. The highest BCUT2D eigenvalue weighted by Crippen LogP contribution is 2.28. The average Bonchev–Trinajstić information content (AvgIpc) is 2.69. The van der Waals surface area contributed by atoms with Crippen molar-refractivity contribution >= 4 is 29.0 Å². The number of nitrogens with one attached hydrogen (secondary N) is 1. The summed E-state index contributed by atoms with van der Waals surface area (Å²) in [6, 6.07) is 16.0. The van der Waals surface area contributed by atoms with E-state index >= 15 is 0 Å². The van der Waals surface area contributed by atoms with Crippen molar-refractivity contribution in [2.75, 3.05) is 56.3 Å². The first-order valence-electron chi connectivity index (χ1n) is 8.74. The molecule has 6 heteroatoms. The van der Waals surface area contributed by atoms with Crippen LogP contribution in [0.1, 0.15) is 0 Å². The van der Waals surface area contributed by atoms with E-state index in [1.807, 2.05) is 48.7 Å². The maximum Gasteiger partial charge on any atom is 0.238 e. The molecular weight excluding hydrogens is 346 g/mol. The second kappa shape index (κ2) is 8.96. The number of rotatable bonds is 6. The molecule has 1 aliphatic rings. The second-order valence-corrected chi connectivity index (χ2v) is 7.03. The molecule has 1 amide bonds. The Morgan fingerprint density at radius 2 is 1.77 bits per heavy atom. The van der Waals surface area contributed by atoms with E-state index in [-0.39, 0.29) is 5.91 Å². The highest BCUT2D eigenvalue weighted by atomic mass is 32.2. The van der Waals surface area contributed by atoms with Gasteiger partial charge in [0.1, 0.15) is 5.75 Å². The molecule has 26 heavy (non-hydrogen) atoms. The van der Waals surface area contributed by atoms with Crippen molar-refractivity contribution in [1.29, 1.82) is 0 Å². The molecule has 0 radical (unpaired) electrons. The van der Waals surface area contributed by atoms with Crippen LogP contribution in [-0.4, -0.2) is 56.9 Å². The number of anilines is 2. The smallest absolute Gasteiger partial charge is 0.238 e. The van der Waals surface area contributed by atoms with Gasteiger partial charge in [-0.05, 0) is 30.5 Å². The summed E-state index contributed by atoms with van der Waals surface area (Å²) in [4.78, 5) is 18.0. The lowest BCUT2D eigenvalue weighted by Crippen LogP contribution is -2.48. The second-order valence-electron chi connectivity index (χ2n) is 6.18. The Kier molecular flexibility index (Phi) is 6.41. The molecule has 3 rings (SSSR count). The third kappa shape index (κ3) is 4.51. The average molecular weight is 372 g/mol. The number of hydrogen-bond acceptors (Lipinski definition) is 5. The number of piperazine rings is 1. The zero-order valence-corrected chi connectivity index (χ0v) is 16.1. The highest BCUT2D eigenvalue weighted by molar-refractivity contribution is 7.98. The number of carbonyl (C=O) groups excluding carboxylic acids is 1. The van der Waals surface area contributed by atoms with Crippen molar-refractivity contribution in [3.05, 3.63) is 48.5 Å². The van der Waals surface area contributed by atoms with Crippen molar-refractivity contribution in [1.82, 2.24) is 4.90 Å². The van der Waals surface area contributed by atoms with E-state index in [0.717, 1.165) is 48.2 Å². The molecule has 1 heterocycles. The Bertz CT molecular complexity index is 745. The lowest BCUT2D eigenvalue weighted by atomic mass is 10.2. The van der Waals surface area contributed by atoms with Crippen LogP contribution in [0, 0.1) is 0 Å². The molecule has 0 aromatic heterocycles. The number of para-hydroxylation sites is 3. The summed E-state index contributed by atoms with van der Waals surface area (Å²) >= 11 is 1.64. The lowest BCUT2D eigenvalue weighted by molar-refractivity contribution is -0.117. The third-order valence-electron chi connectivity index (χ3n) is 4.55. The molecule has 138 valence electrons. The minimum absolute atomic E-state index is 0.0391. The van der Waals surface area contributed by atoms with Gasteiger partial charge in [-0.1, -0.05) is 24.3 Å². The summed E-state index contributed by atoms with van der Waals surface area (Å²) in [5.74, 6) is 0.935. The van der Waals surface area contributed by atoms with Gasteiger partial charge in [-0.2, -0.15) is 0 Å². The number of ether oxygens (including phenoxy) is 1. The first-order chi connectivity index (χ1) is 12.7. The number of carbonyl (C=O) groups is 1. The van der Waals surface area contributed by atoms with Crippen LogP contribution in [0.2, 0.25) is 0 Å². The molecule has 1 saturated heterocycles. The predicted molar refractivity (Wildman–Crippen MR) is 108 cm³/mol. The minimum Gasteiger partial charge on any atom is -0.495 e. The molecule has 0 spiro atoms. The molecule has 1 aliphatic heterocycles. The standard InChI is InChI=1S/C20H25N3O2S/c1-25-18-9-5-4-8-17(18)23-13-11-22(12-14-23)15-20(24)21-16-7-3-6-10-19(16)26-2/h3-10H,11-15H2,1-2H3,(H,21,24). The van der Waals surface area contributed by atoms with E-state index in [2.05, 4.69) is 21.2 Å². The summed E-state index contributed by atoms with van der Waals surface area (Å²) in [6.45, 7) is 3.90. The first kappa shape index (κ1) is 18.6. The van der Waals surface area contributed by atoms with Gasteiger partial charge in [0.25, 0.3) is 0 Å². The van der Waals surface area contributed by atoms with E-state index in [1.165, 1.54) is 0 Å². The Balaban J connectivity index is 1.53. The first-order valence-corrected chi connectivity index (χ1v) is 9.97. The van der Waals surface area contributed by atoms with Gasteiger partial charge >= 0.3 is 0 Å². The Hall–Kier alpha value is -2.18. The Morgan fingerprint density at radius 1 is 1.08 bits per heavy atom. The molecule has 0 aliphatic carbocycles. The fourth-order valence-corrected chi connectivity index (χ4v) is 3.73. The predicted octanol–water partition coefficient (Wildman–Crippen LogP) is 3.18. The van der Waals surface area contributed by atoms with Crippen LogP contribution in [-0.2, 0) is 4.79 Å². The van der Waals surface area contributed by atoms with Crippen molar-refractivity contribution in [2.24, 2.45) is 0 Å². The number of benzene rings is 2. The Labute approximate surface area is 159 Å². The fraction of sp³-hybridized carbons (Fsp3) is 0.350. The summed E-state index contributed by atoms with van der Waals surface area (Å²) in [5, 5.41) is 3.03. The monoisotopic (exact) mass is 371 g/mol. The molecule has 0 bridgehead atoms. The van der Waals surface area contributed by atoms with Gasteiger partial charge in [-0.15, -0.1) is 11.8 Å². The minimum atomic E-state index is 0.0391. The zero-order valence-electron chi connectivity index (χ0n) is 15.3. The van der Waals surface area contributed by atoms with E-state index < -0.39 is 0 Å². The van der Waals surface area contributed by atoms with Crippen LogP contribution in [0.5, 0.6) is 5.75 Å². The van der Waals surface area contributed by atoms with Gasteiger partial charge in [0, 0.05) is 31.1 Å². The van der Waals surface area contributed by atoms with Crippen LogP contribution in [0.4, 0.5) is 11.4 Å². The number of hydrogen-bond donors (Lipinski definition) is 1. The van der Waals surface area contributed by atoms with Gasteiger partial charge in [0.05, 0.1) is 25.0 Å². The van der Waals surface area contributed by atoms with E-state index in [9.17, 15) is 4.79 Å². The topological polar surface area (TPSA) is 44.8 Å². The van der Waals surface area contributed by atoms with E-state index in [4.69, 9.17) is 4.74 Å². The quantitative estimate of drug-likeness (QED) is 0.790. The molecule has 0 unspecified atom stereocenters. The van der Waals surface area contributed by atoms with Gasteiger partial charge < -0.3 is 15.0 Å². The van der Waals surface area contributed by atoms with Gasteiger partial charge in [-0.25, -0.2) is 0 Å². The van der Waals surface area contributed by atoms with E-state index in [1.54, 1.807) is 18.9 Å². The molecule has 1 N–H and O–H groups in total. The number of amides is 1. The molecule has 2 aromatic rings. The van der Waals surface area contributed by atoms with Crippen LogP contribution in [0.3, 0.4) is 0 Å². The normalized spacial score (nSPS) is 14.9. The largest absolute Gasteiger partial charge is 0.495 e. The maximum absolute atomic E-state index is 12.4. The number of thioether (sulfide) groups is 1. The van der Waals surface area contributed by atoms with Crippen LogP contribution < -0.4 is 15.0 Å². The highest BCUT2D eigenvalue weighted by Gasteiger charge is 2.21. The molecular formula is C20H25N3O2S. The summed E-state index contributed by atoms with van der Waals surface area (Å²) in [5.41, 5.74) is 2.01. The third-order valence-corrected chi connectivity index (χ3v) is 5.34. The summed E-state index contributed by atoms with van der Waals surface area (Å²) in [7, 11) is 1.70. The summed E-state index contributed by atoms with van der Waals surface area (Å²) < 4.78 is 5.46. The Morgan fingerprint density at radius 3 is 2.50 bits per heavy atom. The SMILES string of the molecule is COc1ccccc1N1CCN(CC(=O)Nc2ccccc2SC)CC1. The van der Waals surface area contributed by atoms with Crippen molar-refractivity contribution in [3.63, 3.8) is 0 Å². The van der Waals surface area contributed by atoms with Crippen LogP contribution in [0.15, 0.2) is 53.4 Å². The van der Waals surface area contributed by atoms with Gasteiger partial charge in [0.2, 0.25) is 5.91 Å².